The minimum Gasteiger partial charge on any atom is -0.380 e. The van der Waals surface area contributed by atoms with Gasteiger partial charge in [0.2, 0.25) is 0 Å². The van der Waals surface area contributed by atoms with Crippen LogP contribution in [0.4, 0.5) is 0 Å². The van der Waals surface area contributed by atoms with Crippen LogP contribution in [0.15, 0.2) is 0 Å². The number of rotatable bonds is 7. The molecule has 1 aliphatic carbocycles. The van der Waals surface area contributed by atoms with Crippen molar-refractivity contribution in [1.29, 1.82) is 0 Å². The van der Waals surface area contributed by atoms with Gasteiger partial charge in [-0.15, -0.1) is 0 Å². The predicted molar refractivity (Wildman–Crippen MR) is 54.7 cm³/mol. The van der Waals surface area contributed by atoms with Gasteiger partial charge in [-0.2, -0.15) is 0 Å². The first kappa shape index (κ1) is 11.0. The van der Waals surface area contributed by atoms with E-state index in [9.17, 15) is 0 Å². The maximum Gasteiger partial charge on any atom is 0.0667 e. The average molecular weight is 186 g/mol. The summed E-state index contributed by atoms with van der Waals surface area (Å²) in [5.41, 5.74) is 5.96. The molecule has 0 aromatic carbocycles. The lowest BCUT2D eigenvalue weighted by Gasteiger charge is -2.13. The highest BCUT2D eigenvalue weighted by Gasteiger charge is 2.27. The van der Waals surface area contributed by atoms with E-state index in [4.69, 9.17) is 10.5 Å². The third kappa shape index (κ3) is 4.60. The SMILES string of the molecule is COC(C)CNCCC(N)C1CC1. The van der Waals surface area contributed by atoms with Crippen molar-refractivity contribution >= 4 is 0 Å². The highest BCUT2D eigenvalue weighted by atomic mass is 16.5. The third-order valence-electron chi connectivity index (χ3n) is 2.72. The Morgan fingerprint density at radius 3 is 2.77 bits per heavy atom. The van der Waals surface area contributed by atoms with E-state index in [0.29, 0.717) is 12.1 Å². The normalized spacial score (nSPS) is 21.5. The second kappa shape index (κ2) is 5.58. The van der Waals surface area contributed by atoms with Gasteiger partial charge < -0.3 is 15.8 Å². The van der Waals surface area contributed by atoms with E-state index in [1.807, 2.05) is 0 Å². The molecule has 0 bridgehead atoms. The molecule has 78 valence electrons. The molecule has 13 heavy (non-hydrogen) atoms. The van der Waals surface area contributed by atoms with Gasteiger partial charge in [0, 0.05) is 19.7 Å². The van der Waals surface area contributed by atoms with E-state index in [1.165, 1.54) is 12.8 Å². The standard InChI is InChI=1S/C10H22N2O/c1-8(13-2)7-12-6-5-10(11)9-3-4-9/h8-10,12H,3-7,11H2,1-2H3. The van der Waals surface area contributed by atoms with Crippen molar-refractivity contribution in [2.75, 3.05) is 20.2 Å². The molecular formula is C10H22N2O. The Hall–Kier alpha value is -0.120. The first-order valence-electron chi connectivity index (χ1n) is 5.23. The van der Waals surface area contributed by atoms with Crippen molar-refractivity contribution in [3.05, 3.63) is 0 Å². The molecule has 1 fully saturated rings. The van der Waals surface area contributed by atoms with Gasteiger partial charge in [-0.05, 0) is 38.6 Å². The molecule has 3 N–H and O–H groups in total. The van der Waals surface area contributed by atoms with Gasteiger partial charge in [-0.1, -0.05) is 0 Å². The van der Waals surface area contributed by atoms with Crippen LogP contribution in [0.1, 0.15) is 26.2 Å². The summed E-state index contributed by atoms with van der Waals surface area (Å²) in [5, 5.41) is 3.34. The molecule has 3 nitrogen and oxygen atoms in total. The number of ether oxygens (including phenoxy) is 1. The third-order valence-corrected chi connectivity index (χ3v) is 2.72. The quantitative estimate of drug-likeness (QED) is 0.576. The molecule has 0 aliphatic heterocycles. The predicted octanol–water partition coefficient (Wildman–Crippen LogP) is 0.738. The van der Waals surface area contributed by atoms with Gasteiger partial charge in [-0.3, -0.25) is 0 Å². The smallest absolute Gasteiger partial charge is 0.0667 e. The second-order valence-electron chi connectivity index (χ2n) is 4.04. The van der Waals surface area contributed by atoms with E-state index < -0.39 is 0 Å². The molecule has 2 atom stereocenters. The zero-order chi connectivity index (χ0) is 9.68. The van der Waals surface area contributed by atoms with Crippen LogP contribution in [0.25, 0.3) is 0 Å². The van der Waals surface area contributed by atoms with Crippen LogP contribution in [0.5, 0.6) is 0 Å². The van der Waals surface area contributed by atoms with Crippen molar-refractivity contribution < 1.29 is 4.74 Å². The number of hydrogen-bond donors (Lipinski definition) is 2. The summed E-state index contributed by atoms with van der Waals surface area (Å²) < 4.78 is 5.12. The van der Waals surface area contributed by atoms with Gasteiger partial charge in [0.25, 0.3) is 0 Å². The largest absolute Gasteiger partial charge is 0.380 e. The minimum atomic E-state index is 0.303. The topological polar surface area (TPSA) is 47.3 Å². The molecular weight excluding hydrogens is 164 g/mol. The van der Waals surface area contributed by atoms with E-state index >= 15 is 0 Å². The Morgan fingerprint density at radius 1 is 1.54 bits per heavy atom. The molecule has 1 rings (SSSR count). The molecule has 2 unspecified atom stereocenters. The summed E-state index contributed by atoms with van der Waals surface area (Å²) in [7, 11) is 1.74. The lowest BCUT2D eigenvalue weighted by atomic mass is 10.1. The lowest BCUT2D eigenvalue weighted by molar-refractivity contribution is 0.117. The van der Waals surface area contributed by atoms with Crippen LogP contribution in [-0.2, 0) is 4.74 Å². The Morgan fingerprint density at radius 2 is 2.23 bits per heavy atom. The van der Waals surface area contributed by atoms with Gasteiger partial charge in [0.15, 0.2) is 0 Å². The Labute approximate surface area is 81.0 Å². The molecule has 0 spiro atoms. The number of methoxy groups -OCH3 is 1. The summed E-state index contributed by atoms with van der Waals surface area (Å²) in [5.74, 6) is 0.821. The summed E-state index contributed by atoms with van der Waals surface area (Å²) in [6.07, 6.45) is 4.09. The number of nitrogens with one attached hydrogen (secondary N) is 1. The molecule has 0 heterocycles. The molecule has 0 aromatic rings. The first-order valence-corrected chi connectivity index (χ1v) is 5.23. The lowest BCUT2D eigenvalue weighted by Crippen LogP contribution is -2.32. The van der Waals surface area contributed by atoms with Crippen LogP contribution >= 0.6 is 0 Å². The van der Waals surface area contributed by atoms with Gasteiger partial charge >= 0.3 is 0 Å². The Balaban J connectivity index is 1.88. The van der Waals surface area contributed by atoms with Gasteiger partial charge in [-0.25, -0.2) is 0 Å². The van der Waals surface area contributed by atoms with Gasteiger partial charge in [0.05, 0.1) is 6.10 Å². The zero-order valence-electron chi connectivity index (χ0n) is 8.75. The maximum absolute atomic E-state index is 5.96. The molecule has 0 saturated heterocycles. The first-order chi connectivity index (χ1) is 6.24. The van der Waals surface area contributed by atoms with Crippen molar-refractivity contribution in [1.82, 2.24) is 5.32 Å². The van der Waals surface area contributed by atoms with E-state index in [2.05, 4.69) is 12.2 Å². The van der Waals surface area contributed by atoms with Crippen LogP contribution in [0.3, 0.4) is 0 Å². The summed E-state index contributed by atoms with van der Waals surface area (Å²) in [6, 6.07) is 0.422. The van der Waals surface area contributed by atoms with E-state index in [0.717, 1.165) is 25.4 Å². The molecule has 0 amide bonds. The van der Waals surface area contributed by atoms with Crippen LogP contribution < -0.4 is 11.1 Å². The molecule has 3 heteroatoms. The molecule has 1 aliphatic rings. The van der Waals surface area contributed by atoms with Crippen molar-refractivity contribution in [2.24, 2.45) is 11.7 Å². The summed E-state index contributed by atoms with van der Waals surface area (Å²) in [6.45, 7) is 4.01. The molecule has 0 aromatic heterocycles. The van der Waals surface area contributed by atoms with Crippen LogP contribution in [0, 0.1) is 5.92 Å². The number of nitrogens with two attached hydrogens (primary N) is 1. The highest BCUT2D eigenvalue weighted by Crippen LogP contribution is 2.32. The number of hydrogen-bond acceptors (Lipinski definition) is 3. The van der Waals surface area contributed by atoms with Gasteiger partial charge in [0.1, 0.15) is 0 Å². The maximum atomic E-state index is 5.96. The van der Waals surface area contributed by atoms with Crippen LogP contribution in [0.2, 0.25) is 0 Å². The summed E-state index contributed by atoms with van der Waals surface area (Å²) >= 11 is 0. The zero-order valence-corrected chi connectivity index (χ0v) is 8.75. The fourth-order valence-corrected chi connectivity index (χ4v) is 1.42. The summed E-state index contributed by atoms with van der Waals surface area (Å²) in [4.78, 5) is 0. The average Bonchev–Trinajstić information content (AvgIpc) is 2.94. The van der Waals surface area contributed by atoms with E-state index in [-0.39, 0.29) is 0 Å². The van der Waals surface area contributed by atoms with Crippen molar-refractivity contribution in [2.45, 2.75) is 38.3 Å². The molecule has 1 saturated carbocycles. The second-order valence-corrected chi connectivity index (χ2v) is 4.04. The van der Waals surface area contributed by atoms with Crippen LogP contribution in [-0.4, -0.2) is 32.3 Å². The molecule has 0 radical (unpaired) electrons. The Bertz CT molecular complexity index is 137. The highest BCUT2D eigenvalue weighted by molar-refractivity contribution is 4.84. The fraction of sp³-hybridized carbons (Fsp3) is 1.00. The minimum absolute atomic E-state index is 0.303. The van der Waals surface area contributed by atoms with E-state index in [1.54, 1.807) is 7.11 Å². The fourth-order valence-electron chi connectivity index (χ4n) is 1.42. The Kier molecular flexibility index (Phi) is 4.70. The van der Waals surface area contributed by atoms with Crippen molar-refractivity contribution in [3.8, 4) is 0 Å². The van der Waals surface area contributed by atoms with Crippen molar-refractivity contribution in [3.63, 3.8) is 0 Å². The monoisotopic (exact) mass is 186 g/mol.